The molecule has 2 aliphatic carbocycles. The molecule has 1 spiro atoms. The summed E-state index contributed by atoms with van der Waals surface area (Å²) in [6, 6.07) is 11.8. The van der Waals surface area contributed by atoms with Gasteiger partial charge >= 0.3 is 0 Å². The van der Waals surface area contributed by atoms with E-state index in [4.69, 9.17) is 16.1 Å². The lowest BCUT2D eigenvalue weighted by molar-refractivity contribution is -0.131. The number of aryl methyl sites for hydroxylation is 1. The first kappa shape index (κ1) is 22.0. The summed E-state index contributed by atoms with van der Waals surface area (Å²) in [6.45, 7) is 4.19. The van der Waals surface area contributed by atoms with Gasteiger partial charge in [-0.2, -0.15) is 0 Å². The van der Waals surface area contributed by atoms with Crippen LogP contribution < -0.4 is 5.73 Å². The Bertz CT molecular complexity index is 1270. The fraction of sp³-hybridized carbons (Fsp3) is 0.429. The molecule has 2 aromatic carbocycles. The Kier molecular flexibility index (Phi) is 5.06. The highest BCUT2D eigenvalue weighted by molar-refractivity contribution is 6.17. The summed E-state index contributed by atoms with van der Waals surface area (Å²) >= 11 is 0. The fourth-order valence-corrected chi connectivity index (χ4v) is 5.58. The number of nitrogens with zero attached hydrogens (tertiary/aromatic N) is 3. The van der Waals surface area contributed by atoms with Gasteiger partial charge in [-0.3, -0.25) is 19.5 Å². The lowest BCUT2D eigenvalue weighted by atomic mass is 9.95. The van der Waals surface area contributed by atoms with Crippen molar-refractivity contribution < 1.29 is 9.59 Å². The molecule has 1 saturated heterocycles. The molecule has 4 aliphatic rings. The minimum Gasteiger partial charge on any atom is -0.398 e. The third kappa shape index (κ3) is 3.74. The molecule has 2 saturated carbocycles. The van der Waals surface area contributed by atoms with Gasteiger partial charge in [0.25, 0.3) is 5.91 Å². The Morgan fingerprint density at radius 2 is 2.00 bits per heavy atom. The largest absolute Gasteiger partial charge is 0.398 e. The zero-order valence-electron chi connectivity index (χ0n) is 20.1. The van der Waals surface area contributed by atoms with Crippen LogP contribution in [0.15, 0.2) is 41.4 Å². The molecule has 7 nitrogen and oxygen atoms in total. The average molecular weight is 470 g/mol. The van der Waals surface area contributed by atoms with Crippen molar-refractivity contribution in [2.24, 2.45) is 16.8 Å². The van der Waals surface area contributed by atoms with Crippen molar-refractivity contribution in [2.45, 2.75) is 44.6 Å². The van der Waals surface area contributed by atoms with Crippen LogP contribution >= 0.6 is 0 Å². The van der Waals surface area contributed by atoms with Crippen LogP contribution in [0.2, 0.25) is 0 Å². The molecule has 2 amide bonds. The second-order valence-corrected chi connectivity index (χ2v) is 10.6. The van der Waals surface area contributed by atoms with E-state index in [0.717, 1.165) is 73.3 Å². The number of nitrogen functional groups attached to an aromatic ring is 1. The number of carbonyl (C=O) groups is 2. The van der Waals surface area contributed by atoms with Crippen molar-refractivity contribution in [2.75, 3.05) is 25.4 Å². The number of rotatable bonds is 6. The quantitative estimate of drug-likeness (QED) is 0.499. The van der Waals surface area contributed by atoms with Gasteiger partial charge in [0.1, 0.15) is 11.4 Å². The first-order valence-electron chi connectivity index (χ1n) is 12.6. The van der Waals surface area contributed by atoms with Crippen LogP contribution in [0.5, 0.6) is 0 Å². The Balaban J connectivity index is 1.27. The lowest BCUT2D eigenvalue weighted by Crippen LogP contribution is -2.41. The maximum absolute atomic E-state index is 13.4. The minimum atomic E-state index is -0.566. The van der Waals surface area contributed by atoms with E-state index in [2.05, 4.69) is 6.07 Å². The maximum Gasteiger partial charge on any atom is 0.256 e. The van der Waals surface area contributed by atoms with Gasteiger partial charge in [0.05, 0.1) is 0 Å². The summed E-state index contributed by atoms with van der Waals surface area (Å²) in [5.41, 5.74) is 10.7. The molecular weight excluding hydrogens is 438 g/mol. The second kappa shape index (κ2) is 8.04. The van der Waals surface area contributed by atoms with E-state index < -0.39 is 5.54 Å². The van der Waals surface area contributed by atoms with Crippen LogP contribution in [0, 0.1) is 24.2 Å². The van der Waals surface area contributed by atoms with E-state index in [1.165, 1.54) is 6.21 Å². The number of anilines is 1. The van der Waals surface area contributed by atoms with Crippen molar-refractivity contribution in [3.63, 3.8) is 0 Å². The fourth-order valence-electron chi connectivity index (χ4n) is 5.58. The number of hydrogen-bond acceptors (Lipinski definition) is 5. The standard InChI is InChI=1S/C28H31N5O2/c1-17-13-20(22-3-2-4-24(30)23(22)14-29)7-8-21(17)25-31-28(10-11-28)27(35)33(25)16-18-9-12-32(15-18)26(34)19-5-6-19/h2-4,7-8,13-14,18-19,29H,5-6,9-12,15-16,30H2,1H3. The summed E-state index contributed by atoms with van der Waals surface area (Å²) < 4.78 is 0. The number of benzene rings is 2. The SMILES string of the molecule is Cc1cc(-c2cccc(N)c2C=N)ccc1C1=NC2(CC2)C(=O)N1CC1CCN(C(=O)C2CC2)C1. The van der Waals surface area contributed by atoms with Crippen molar-refractivity contribution in [1.29, 1.82) is 5.41 Å². The van der Waals surface area contributed by atoms with E-state index >= 15 is 0 Å². The summed E-state index contributed by atoms with van der Waals surface area (Å²) in [6.07, 6.45) is 5.90. The van der Waals surface area contributed by atoms with Gasteiger partial charge in [-0.15, -0.1) is 0 Å². The molecule has 2 aliphatic heterocycles. The maximum atomic E-state index is 13.4. The second-order valence-electron chi connectivity index (χ2n) is 10.6. The Morgan fingerprint density at radius 1 is 1.20 bits per heavy atom. The van der Waals surface area contributed by atoms with E-state index in [1.54, 1.807) is 6.07 Å². The van der Waals surface area contributed by atoms with Crippen LogP contribution in [0.4, 0.5) is 5.69 Å². The Labute approximate surface area is 205 Å². The minimum absolute atomic E-state index is 0.116. The predicted octanol–water partition coefficient (Wildman–Crippen LogP) is 3.62. The summed E-state index contributed by atoms with van der Waals surface area (Å²) in [4.78, 5) is 34.8. The molecule has 1 unspecified atom stereocenters. The number of hydrogen-bond donors (Lipinski definition) is 2. The number of aliphatic imine (C=N–C) groups is 1. The molecule has 0 aromatic heterocycles. The van der Waals surface area contributed by atoms with Crippen molar-refractivity contribution in [3.8, 4) is 11.1 Å². The van der Waals surface area contributed by atoms with Crippen LogP contribution in [0.1, 0.15) is 48.8 Å². The monoisotopic (exact) mass is 469 g/mol. The molecular formula is C28H31N5O2. The van der Waals surface area contributed by atoms with Crippen LogP contribution in [-0.2, 0) is 9.59 Å². The zero-order valence-corrected chi connectivity index (χ0v) is 20.1. The first-order valence-corrected chi connectivity index (χ1v) is 12.6. The van der Waals surface area contributed by atoms with Gasteiger partial charge in [-0.1, -0.05) is 30.3 Å². The molecule has 35 heavy (non-hydrogen) atoms. The number of nitrogens with one attached hydrogen (secondary N) is 1. The topological polar surface area (TPSA) is 103 Å². The summed E-state index contributed by atoms with van der Waals surface area (Å²) in [7, 11) is 0. The number of nitrogens with two attached hydrogens (primary N) is 1. The van der Waals surface area contributed by atoms with Crippen molar-refractivity contribution in [1.82, 2.24) is 9.80 Å². The van der Waals surface area contributed by atoms with Crippen LogP contribution in [0.25, 0.3) is 11.1 Å². The van der Waals surface area contributed by atoms with Crippen molar-refractivity contribution >= 4 is 29.6 Å². The molecule has 2 aromatic rings. The third-order valence-corrected chi connectivity index (χ3v) is 7.97. The van der Waals surface area contributed by atoms with Gasteiger partial charge in [0, 0.05) is 48.6 Å². The number of carbonyl (C=O) groups excluding carboxylic acids is 2. The van der Waals surface area contributed by atoms with Gasteiger partial charge in [0.2, 0.25) is 5.91 Å². The van der Waals surface area contributed by atoms with Gasteiger partial charge in [-0.25, -0.2) is 0 Å². The van der Waals surface area contributed by atoms with Gasteiger partial charge in [-0.05, 0) is 67.7 Å². The molecule has 180 valence electrons. The van der Waals surface area contributed by atoms with E-state index in [9.17, 15) is 9.59 Å². The van der Waals surface area contributed by atoms with Crippen LogP contribution in [-0.4, -0.2) is 58.8 Å². The molecule has 1 atom stereocenters. The lowest BCUT2D eigenvalue weighted by Gasteiger charge is -2.24. The molecule has 0 bridgehead atoms. The highest BCUT2D eigenvalue weighted by Gasteiger charge is 2.57. The Hall–Kier alpha value is -3.48. The molecule has 7 heteroatoms. The number of amidine groups is 1. The number of amides is 2. The molecule has 6 rings (SSSR count). The molecule has 0 radical (unpaired) electrons. The summed E-state index contributed by atoms with van der Waals surface area (Å²) in [5, 5.41) is 7.79. The number of likely N-dealkylation sites (tertiary alicyclic amines) is 1. The smallest absolute Gasteiger partial charge is 0.256 e. The van der Waals surface area contributed by atoms with Crippen LogP contribution in [0.3, 0.4) is 0 Å². The highest BCUT2D eigenvalue weighted by atomic mass is 16.2. The molecule has 3 fully saturated rings. The Morgan fingerprint density at radius 3 is 2.69 bits per heavy atom. The van der Waals surface area contributed by atoms with Gasteiger partial charge < -0.3 is 16.0 Å². The third-order valence-electron chi connectivity index (χ3n) is 7.97. The zero-order chi connectivity index (χ0) is 24.3. The van der Waals surface area contributed by atoms with Crippen molar-refractivity contribution in [3.05, 3.63) is 53.1 Å². The first-order chi connectivity index (χ1) is 16.9. The highest BCUT2D eigenvalue weighted by Crippen LogP contribution is 2.46. The molecule has 3 N–H and O–H groups in total. The van der Waals surface area contributed by atoms with E-state index in [-0.39, 0.29) is 17.7 Å². The average Bonchev–Trinajstić information content (AvgIpc) is 3.77. The normalized spacial score (nSPS) is 22.6. The van der Waals surface area contributed by atoms with E-state index in [1.807, 2.05) is 41.0 Å². The molecule has 2 heterocycles. The van der Waals surface area contributed by atoms with E-state index in [0.29, 0.717) is 23.7 Å². The summed E-state index contributed by atoms with van der Waals surface area (Å²) in [5.74, 6) is 1.70. The van der Waals surface area contributed by atoms with Gasteiger partial charge in [0.15, 0.2) is 0 Å². The predicted molar refractivity (Wildman–Crippen MR) is 137 cm³/mol.